The predicted molar refractivity (Wildman–Crippen MR) is 109 cm³/mol. The molecular weight excluding hydrogens is 410 g/mol. The zero-order chi connectivity index (χ0) is 21.0. The zero-order valence-corrected chi connectivity index (χ0v) is 17.1. The second kappa shape index (κ2) is 6.89. The number of nitrogens with zero attached hydrogens (tertiary/aromatic N) is 4. The van der Waals surface area contributed by atoms with E-state index in [-0.39, 0.29) is 12.1 Å². The molecule has 2 saturated heterocycles. The third kappa shape index (κ3) is 3.28. The van der Waals surface area contributed by atoms with Crippen molar-refractivity contribution in [1.82, 2.24) is 23.9 Å². The van der Waals surface area contributed by atoms with Gasteiger partial charge in [0.05, 0.1) is 11.6 Å². The fourth-order valence-electron chi connectivity index (χ4n) is 4.52. The number of hydrogen-bond acceptors (Lipinski definition) is 7. The summed E-state index contributed by atoms with van der Waals surface area (Å²) in [6.07, 6.45) is 4.59. The van der Waals surface area contributed by atoms with Crippen molar-refractivity contribution >= 4 is 21.0 Å². The van der Waals surface area contributed by atoms with E-state index in [9.17, 15) is 18.0 Å². The van der Waals surface area contributed by atoms with Crippen LogP contribution in [0.1, 0.15) is 18.4 Å². The molecule has 10 nitrogen and oxygen atoms in total. The van der Waals surface area contributed by atoms with E-state index in [4.69, 9.17) is 4.52 Å². The lowest BCUT2D eigenvalue weighted by Crippen LogP contribution is -2.54. The lowest BCUT2D eigenvalue weighted by Gasteiger charge is -2.39. The topological polar surface area (TPSA) is 122 Å². The number of H-pyrrole nitrogens is 1. The van der Waals surface area contributed by atoms with Crippen LogP contribution in [0.15, 0.2) is 44.6 Å². The summed E-state index contributed by atoms with van der Waals surface area (Å²) in [6, 6.07) is 7.34. The summed E-state index contributed by atoms with van der Waals surface area (Å²) in [5, 5.41) is 4.67. The molecule has 11 heteroatoms. The van der Waals surface area contributed by atoms with Crippen LogP contribution in [0.4, 0.5) is 0 Å². The van der Waals surface area contributed by atoms with Crippen molar-refractivity contribution in [3.05, 3.63) is 56.9 Å². The van der Waals surface area contributed by atoms with Crippen molar-refractivity contribution in [2.75, 3.05) is 19.3 Å². The first kappa shape index (κ1) is 19.2. The minimum atomic E-state index is -3.18. The Morgan fingerprint density at radius 3 is 2.57 bits per heavy atom. The molecule has 30 heavy (non-hydrogen) atoms. The summed E-state index contributed by atoms with van der Waals surface area (Å²) >= 11 is 0. The molecular formula is C19H21N5O5S. The summed E-state index contributed by atoms with van der Waals surface area (Å²) in [7, 11) is -3.18. The number of aromatic amines is 1. The fourth-order valence-corrected chi connectivity index (χ4v) is 5.41. The highest BCUT2D eigenvalue weighted by Gasteiger charge is 2.42. The van der Waals surface area contributed by atoms with Gasteiger partial charge >= 0.3 is 5.69 Å². The molecule has 1 N–H and O–H groups in total. The number of nitrogens with one attached hydrogen (secondary N) is 1. The Morgan fingerprint density at radius 2 is 1.90 bits per heavy atom. The van der Waals surface area contributed by atoms with Gasteiger partial charge in [-0.3, -0.25) is 14.7 Å². The third-order valence-corrected chi connectivity index (χ3v) is 7.24. The van der Waals surface area contributed by atoms with Gasteiger partial charge in [-0.25, -0.2) is 17.8 Å². The molecule has 2 bridgehead atoms. The van der Waals surface area contributed by atoms with Gasteiger partial charge in [-0.2, -0.15) is 4.31 Å². The quantitative estimate of drug-likeness (QED) is 0.629. The molecule has 0 saturated carbocycles. The van der Waals surface area contributed by atoms with Crippen molar-refractivity contribution < 1.29 is 12.9 Å². The SMILES string of the molecule is CS(=O)(=O)N1C[C@H]2CC[C@@H](C1)N2Cc1ccc2onc(-n3ccc(=O)[nH]c3=O)c2c1. The molecule has 5 rings (SSSR count). The molecule has 0 aliphatic carbocycles. The molecule has 2 atom stereocenters. The van der Waals surface area contributed by atoms with Gasteiger partial charge in [0.2, 0.25) is 10.0 Å². The minimum Gasteiger partial charge on any atom is -0.354 e. The number of rotatable bonds is 4. The summed E-state index contributed by atoms with van der Waals surface area (Å²) < 4.78 is 32.1. The van der Waals surface area contributed by atoms with E-state index in [1.165, 1.54) is 23.1 Å². The Balaban J connectivity index is 1.45. The fraction of sp³-hybridized carbons (Fsp3) is 0.421. The Bertz CT molecular complexity index is 1330. The van der Waals surface area contributed by atoms with E-state index < -0.39 is 21.3 Å². The standard InChI is InChI=1S/C19H21N5O5S/c1-30(27,28)22-10-13-3-4-14(11-22)24(13)9-12-2-5-16-15(8-12)18(21-29-16)23-7-6-17(25)20-19(23)26/h2,5-8,13-14H,3-4,9-11H2,1H3,(H,20,25,26)/t13-,14+. The van der Waals surface area contributed by atoms with E-state index >= 15 is 0 Å². The summed E-state index contributed by atoms with van der Waals surface area (Å²) in [4.78, 5) is 28.1. The molecule has 2 aromatic heterocycles. The van der Waals surface area contributed by atoms with E-state index in [0.717, 1.165) is 18.4 Å². The van der Waals surface area contributed by atoms with Crippen LogP contribution < -0.4 is 11.2 Å². The number of piperazine rings is 1. The molecule has 1 aromatic carbocycles. The van der Waals surface area contributed by atoms with Crippen molar-refractivity contribution in [3.8, 4) is 5.82 Å². The summed E-state index contributed by atoms with van der Waals surface area (Å²) in [5.74, 6) is 0.318. The van der Waals surface area contributed by atoms with Crippen LogP contribution in [0.25, 0.3) is 16.8 Å². The second-order valence-electron chi connectivity index (χ2n) is 7.95. The highest BCUT2D eigenvalue weighted by molar-refractivity contribution is 7.88. The van der Waals surface area contributed by atoms with Gasteiger partial charge in [0, 0.05) is 44.0 Å². The largest absolute Gasteiger partial charge is 0.354 e. The normalized spacial score (nSPS) is 22.7. The van der Waals surface area contributed by atoms with Crippen LogP contribution >= 0.6 is 0 Å². The summed E-state index contributed by atoms with van der Waals surface area (Å²) in [6.45, 7) is 1.71. The first-order valence-corrected chi connectivity index (χ1v) is 11.6. The van der Waals surface area contributed by atoms with Crippen LogP contribution in [0.2, 0.25) is 0 Å². The molecule has 2 aliphatic rings. The van der Waals surface area contributed by atoms with Crippen molar-refractivity contribution in [2.24, 2.45) is 0 Å². The van der Waals surface area contributed by atoms with Gasteiger partial charge in [-0.1, -0.05) is 11.2 Å². The zero-order valence-electron chi connectivity index (χ0n) is 16.3. The maximum Gasteiger partial charge on any atom is 0.334 e. The van der Waals surface area contributed by atoms with E-state index in [0.29, 0.717) is 36.4 Å². The Morgan fingerprint density at radius 1 is 1.17 bits per heavy atom. The first-order chi connectivity index (χ1) is 14.3. The van der Waals surface area contributed by atoms with Crippen LogP contribution in [-0.2, 0) is 16.6 Å². The molecule has 4 heterocycles. The predicted octanol–water partition coefficient (Wildman–Crippen LogP) is 0.275. The van der Waals surface area contributed by atoms with Crippen LogP contribution in [0.5, 0.6) is 0 Å². The molecule has 0 amide bonds. The van der Waals surface area contributed by atoms with Gasteiger partial charge < -0.3 is 4.52 Å². The number of sulfonamides is 1. The molecule has 158 valence electrons. The van der Waals surface area contributed by atoms with Gasteiger partial charge in [0.15, 0.2) is 11.4 Å². The van der Waals surface area contributed by atoms with Crippen molar-refractivity contribution in [1.29, 1.82) is 0 Å². The average molecular weight is 431 g/mol. The maximum absolute atomic E-state index is 12.2. The molecule has 2 aliphatic heterocycles. The highest BCUT2D eigenvalue weighted by Crippen LogP contribution is 2.33. The van der Waals surface area contributed by atoms with E-state index in [1.807, 2.05) is 18.2 Å². The lowest BCUT2D eigenvalue weighted by atomic mass is 10.1. The lowest BCUT2D eigenvalue weighted by molar-refractivity contribution is 0.103. The number of hydrogen-bond donors (Lipinski definition) is 1. The Labute approximate surface area is 171 Å². The smallest absolute Gasteiger partial charge is 0.334 e. The second-order valence-corrected chi connectivity index (χ2v) is 9.94. The molecule has 0 unspecified atom stereocenters. The molecule has 0 spiro atoms. The van der Waals surface area contributed by atoms with Gasteiger partial charge in [-0.05, 0) is 30.5 Å². The van der Waals surface area contributed by atoms with Crippen LogP contribution in [0, 0.1) is 0 Å². The van der Waals surface area contributed by atoms with Crippen LogP contribution in [0.3, 0.4) is 0 Å². The Hall–Kier alpha value is -2.76. The molecule has 0 radical (unpaired) electrons. The third-order valence-electron chi connectivity index (χ3n) is 6.00. The highest BCUT2D eigenvalue weighted by atomic mass is 32.2. The van der Waals surface area contributed by atoms with Gasteiger partial charge in [-0.15, -0.1) is 0 Å². The first-order valence-electron chi connectivity index (χ1n) is 9.71. The molecule has 2 fully saturated rings. The Kier molecular flexibility index (Phi) is 4.42. The summed E-state index contributed by atoms with van der Waals surface area (Å²) in [5.41, 5.74) is 0.498. The maximum atomic E-state index is 12.2. The monoisotopic (exact) mass is 431 g/mol. The van der Waals surface area contributed by atoms with Crippen molar-refractivity contribution in [3.63, 3.8) is 0 Å². The van der Waals surface area contributed by atoms with Gasteiger partial charge in [0.1, 0.15) is 0 Å². The average Bonchev–Trinajstić information content (AvgIpc) is 3.17. The van der Waals surface area contributed by atoms with Crippen molar-refractivity contribution in [2.45, 2.75) is 31.5 Å². The number of benzene rings is 1. The van der Waals surface area contributed by atoms with E-state index in [2.05, 4.69) is 15.0 Å². The number of fused-ring (bicyclic) bond motifs is 3. The number of aromatic nitrogens is 3. The van der Waals surface area contributed by atoms with Crippen LogP contribution in [-0.4, -0.2) is 63.8 Å². The molecule has 3 aromatic rings. The van der Waals surface area contributed by atoms with Gasteiger partial charge in [0.25, 0.3) is 5.56 Å². The van der Waals surface area contributed by atoms with E-state index in [1.54, 1.807) is 4.31 Å². The minimum absolute atomic E-state index is 0.193.